The van der Waals surface area contributed by atoms with Gasteiger partial charge in [0.15, 0.2) is 11.5 Å². The second kappa shape index (κ2) is 8.47. The molecule has 0 aliphatic carbocycles. The van der Waals surface area contributed by atoms with E-state index in [0.717, 1.165) is 86.1 Å². The third kappa shape index (κ3) is 4.14. The number of nitrogens with zero attached hydrogens (tertiary/aromatic N) is 4. The van der Waals surface area contributed by atoms with Gasteiger partial charge in [0, 0.05) is 30.9 Å². The number of likely N-dealkylation sites (tertiary alicyclic amines) is 2. The van der Waals surface area contributed by atoms with Crippen molar-refractivity contribution in [2.45, 2.75) is 45.1 Å². The minimum Gasteiger partial charge on any atom is -0.440 e. The van der Waals surface area contributed by atoms with Gasteiger partial charge in [-0.1, -0.05) is 12.1 Å². The summed E-state index contributed by atoms with van der Waals surface area (Å²) < 4.78 is 5.99. The largest absolute Gasteiger partial charge is 0.440 e. The number of oxazole rings is 1. The maximum atomic E-state index is 13.2. The molecule has 2 aromatic heterocycles. The second-order valence-corrected chi connectivity index (χ2v) is 9.61. The summed E-state index contributed by atoms with van der Waals surface area (Å²) in [5, 5.41) is 3.26. The van der Waals surface area contributed by atoms with Crippen LogP contribution in [-0.4, -0.2) is 51.9 Å². The van der Waals surface area contributed by atoms with Crippen LogP contribution >= 0.6 is 11.3 Å². The molecule has 2 saturated heterocycles. The van der Waals surface area contributed by atoms with Crippen LogP contribution in [0.1, 0.15) is 48.2 Å². The number of benzene rings is 1. The smallest absolute Gasteiger partial charge is 0.225 e. The summed E-state index contributed by atoms with van der Waals surface area (Å²) in [5.41, 5.74) is 2.89. The summed E-state index contributed by atoms with van der Waals surface area (Å²) in [5.74, 6) is 1.44. The van der Waals surface area contributed by atoms with E-state index < -0.39 is 0 Å². The number of rotatable bonds is 4. The summed E-state index contributed by atoms with van der Waals surface area (Å²) in [6, 6.07) is 7.89. The lowest BCUT2D eigenvalue weighted by Gasteiger charge is -2.37. The number of hydrogen-bond donors (Lipinski definition) is 0. The Hall–Kier alpha value is -2.25. The van der Waals surface area contributed by atoms with Crippen molar-refractivity contribution in [1.29, 1.82) is 0 Å². The first-order valence-electron chi connectivity index (χ1n) is 10.9. The monoisotopic (exact) mass is 424 g/mol. The minimum absolute atomic E-state index is 0.140. The fourth-order valence-corrected chi connectivity index (χ4v) is 5.35. The predicted octanol–water partition coefficient (Wildman–Crippen LogP) is 4.21. The molecule has 2 fully saturated rings. The summed E-state index contributed by atoms with van der Waals surface area (Å²) >= 11 is 1.71. The van der Waals surface area contributed by atoms with Crippen LogP contribution in [-0.2, 0) is 11.3 Å². The summed E-state index contributed by atoms with van der Waals surface area (Å²) in [7, 11) is 0. The van der Waals surface area contributed by atoms with E-state index >= 15 is 0 Å². The van der Waals surface area contributed by atoms with Gasteiger partial charge in [-0.2, -0.15) is 0 Å². The molecule has 1 aromatic carbocycles. The zero-order valence-electron chi connectivity index (χ0n) is 17.4. The zero-order chi connectivity index (χ0) is 20.5. The molecule has 5 rings (SSSR count). The molecule has 4 heterocycles. The van der Waals surface area contributed by atoms with Gasteiger partial charge < -0.3 is 9.32 Å². The quantitative estimate of drug-likeness (QED) is 0.628. The van der Waals surface area contributed by atoms with Crippen molar-refractivity contribution in [3.05, 3.63) is 46.2 Å². The van der Waals surface area contributed by atoms with E-state index in [1.54, 1.807) is 11.3 Å². The van der Waals surface area contributed by atoms with Crippen molar-refractivity contribution >= 4 is 28.3 Å². The van der Waals surface area contributed by atoms with Gasteiger partial charge in [0.05, 0.1) is 16.6 Å². The number of amides is 1. The van der Waals surface area contributed by atoms with Gasteiger partial charge in [-0.3, -0.25) is 9.69 Å². The minimum atomic E-state index is 0.140. The van der Waals surface area contributed by atoms with Gasteiger partial charge in [0.2, 0.25) is 5.91 Å². The van der Waals surface area contributed by atoms with Gasteiger partial charge in [0.25, 0.3) is 0 Å². The summed E-state index contributed by atoms with van der Waals surface area (Å²) in [6.07, 6.45) is 3.91. The lowest BCUT2D eigenvalue weighted by atomic mass is 9.92. The first kappa shape index (κ1) is 19.7. The average Bonchev–Trinajstić information content (AvgIpc) is 3.40. The van der Waals surface area contributed by atoms with Crippen molar-refractivity contribution in [3.8, 4) is 0 Å². The number of aromatic nitrogens is 2. The Morgan fingerprint density at radius 1 is 1.17 bits per heavy atom. The first-order chi connectivity index (χ1) is 14.7. The molecule has 0 spiro atoms. The molecule has 7 heteroatoms. The Balaban J connectivity index is 1.18. The van der Waals surface area contributed by atoms with Crippen LogP contribution in [0.15, 0.2) is 34.1 Å². The van der Waals surface area contributed by atoms with Crippen LogP contribution in [0.2, 0.25) is 0 Å². The number of fused-ring (bicyclic) bond motifs is 1. The Morgan fingerprint density at radius 2 is 2.00 bits per heavy atom. The highest BCUT2D eigenvalue weighted by Crippen LogP contribution is 2.31. The molecule has 2 aliphatic heterocycles. The lowest BCUT2D eigenvalue weighted by Crippen LogP contribution is -2.45. The fourth-order valence-electron chi connectivity index (χ4n) is 4.75. The van der Waals surface area contributed by atoms with Crippen molar-refractivity contribution in [3.63, 3.8) is 0 Å². The van der Waals surface area contributed by atoms with E-state index in [4.69, 9.17) is 4.42 Å². The van der Waals surface area contributed by atoms with Crippen molar-refractivity contribution in [2.24, 2.45) is 5.92 Å². The molecule has 0 saturated carbocycles. The second-order valence-electron chi connectivity index (χ2n) is 8.55. The zero-order valence-corrected chi connectivity index (χ0v) is 18.2. The molecule has 2 aliphatic rings. The number of thiazole rings is 1. The van der Waals surface area contributed by atoms with Crippen LogP contribution in [0, 0.1) is 12.8 Å². The molecule has 30 heavy (non-hydrogen) atoms. The van der Waals surface area contributed by atoms with Gasteiger partial charge in [-0.25, -0.2) is 9.97 Å². The Morgan fingerprint density at radius 3 is 2.77 bits per heavy atom. The van der Waals surface area contributed by atoms with E-state index in [2.05, 4.69) is 25.1 Å². The SMILES string of the molecule is Cc1nc(CN2CCC(C(=O)N3CCCC(c4nc5ccccc5o4)C3)CC2)cs1. The molecule has 158 valence electrons. The molecule has 1 unspecified atom stereocenters. The highest BCUT2D eigenvalue weighted by molar-refractivity contribution is 7.09. The van der Waals surface area contributed by atoms with Crippen LogP contribution in [0.4, 0.5) is 0 Å². The van der Waals surface area contributed by atoms with E-state index in [1.807, 2.05) is 31.2 Å². The van der Waals surface area contributed by atoms with Crippen LogP contribution in [0.3, 0.4) is 0 Å². The average molecular weight is 425 g/mol. The number of carbonyl (C=O) groups excluding carboxylic acids is 1. The maximum Gasteiger partial charge on any atom is 0.225 e. The number of piperidine rings is 2. The summed E-state index contributed by atoms with van der Waals surface area (Å²) in [4.78, 5) is 27.0. The molecule has 1 atom stereocenters. The highest BCUT2D eigenvalue weighted by atomic mass is 32.1. The third-order valence-electron chi connectivity index (χ3n) is 6.38. The first-order valence-corrected chi connectivity index (χ1v) is 11.8. The fraction of sp³-hybridized carbons (Fsp3) is 0.522. The van der Waals surface area contributed by atoms with Gasteiger partial charge in [-0.05, 0) is 57.8 Å². The number of hydrogen-bond acceptors (Lipinski definition) is 6. The van der Waals surface area contributed by atoms with E-state index in [1.165, 1.54) is 0 Å². The van der Waals surface area contributed by atoms with Crippen LogP contribution in [0.25, 0.3) is 11.1 Å². The number of para-hydroxylation sites is 2. The van der Waals surface area contributed by atoms with Crippen LogP contribution in [0.5, 0.6) is 0 Å². The van der Waals surface area contributed by atoms with Crippen molar-refractivity contribution < 1.29 is 9.21 Å². The number of carbonyl (C=O) groups is 1. The Kier molecular flexibility index (Phi) is 5.56. The number of aryl methyl sites for hydroxylation is 1. The van der Waals surface area contributed by atoms with E-state index in [-0.39, 0.29) is 11.8 Å². The molecular weight excluding hydrogens is 396 g/mol. The molecule has 1 amide bonds. The van der Waals surface area contributed by atoms with E-state index in [0.29, 0.717) is 5.91 Å². The van der Waals surface area contributed by atoms with Crippen molar-refractivity contribution in [1.82, 2.24) is 19.8 Å². The molecule has 0 N–H and O–H groups in total. The van der Waals surface area contributed by atoms with Gasteiger partial charge in [0.1, 0.15) is 5.52 Å². The van der Waals surface area contributed by atoms with Gasteiger partial charge in [-0.15, -0.1) is 11.3 Å². The molecule has 0 radical (unpaired) electrons. The standard InChI is InChI=1S/C23H28N4O2S/c1-16-24-19(15-30-16)14-26-11-8-17(9-12-26)23(28)27-10-4-5-18(13-27)22-25-20-6-2-3-7-21(20)29-22/h2-3,6-7,15,17-18H,4-5,8-14H2,1H3. The molecule has 3 aromatic rings. The molecular formula is C23H28N4O2S. The molecule has 0 bridgehead atoms. The third-order valence-corrected chi connectivity index (χ3v) is 7.20. The normalized spacial score (nSPS) is 21.4. The van der Waals surface area contributed by atoms with Crippen molar-refractivity contribution in [2.75, 3.05) is 26.2 Å². The molecule has 6 nitrogen and oxygen atoms in total. The lowest BCUT2D eigenvalue weighted by molar-refractivity contribution is -0.138. The van der Waals surface area contributed by atoms with Gasteiger partial charge >= 0.3 is 0 Å². The van der Waals surface area contributed by atoms with Crippen LogP contribution < -0.4 is 0 Å². The summed E-state index contributed by atoms with van der Waals surface area (Å²) in [6.45, 7) is 6.46. The Labute approximate surface area is 180 Å². The highest BCUT2D eigenvalue weighted by Gasteiger charge is 2.33. The maximum absolute atomic E-state index is 13.2. The Bertz CT molecular complexity index is 988. The predicted molar refractivity (Wildman–Crippen MR) is 117 cm³/mol. The van der Waals surface area contributed by atoms with E-state index in [9.17, 15) is 4.79 Å². The topological polar surface area (TPSA) is 62.5 Å².